The van der Waals surface area contributed by atoms with E-state index in [1.807, 2.05) is 35.2 Å². The van der Waals surface area contributed by atoms with Crippen molar-refractivity contribution in [1.82, 2.24) is 0 Å². The van der Waals surface area contributed by atoms with E-state index in [9.17, 15) is 4.79 Å². The predicted molar refractivity (Wildman–Crippen MR) is 87.5 cm³/mol. The van der Waals surface area contributed by atoms with Gasteiger partial charge < -0.3 is 9.80 Å². The van der Waals surface area contributed by atoms with Crippen molar-refractivity contribution in [2.75, 3.05) is 29.4 Å². The summed E-state index contributed by atoms with van der Waals surface area (Å²) in [7, 11) is 0. The number of halogens is 1. The maximum Gasteiger partial charge on any atom is 0.258 e. The van der Waals surface area contributed by atoms with Gasteiger partial charge in [0.05, 0.1) is 11.4 Å². The molecule has 0 aliphatic carbocycles. The number of benzene rings is 2. The molecule has 21 heavy (non-hydrogen) atoms. The van der Waals surface area contributed by atoms with E-state index in [2.05, 4.69) is 17.9 Å². The van der Waals surface area contributed by atoms with Crippen molar-refractivity contribution in [3.8, 4) is 0 Å². The van der Waals surface area contributed by atoms with Crippen LogP contribution in [0.5, 0.6) is 0 Å². The molecule has 2 aromatic rings. The van der Waals surface area contributed by atoms with Crippen molar-refractivity contribution in [1.29, 1.82) is 0 Å². The van der Waals surface area contributed by atoms with Crippen LogP contribution in [-0.4, -0.2) is 25.5 Å². The Kier molecular flexibility index (Phi) is 3.84. The molecule has 1 aliphatic heterocycles. The summed E-state index contributed by atoms with van der Waals surface area (Å²) >= 11 is 5.99. The fraction of sp³-hybridized carbons (Fsp3) is 0.235. The topological polar surface area (TPSA) is 23.6 Å². The van der Waals surface area contributed by atoms with Crippen LogP contribution in [0.25, 0.3) is 0 Å². The van der Waals surface area contributed by atoms with E-state index >= 15 is 0 Å². The van der Waals surface area contributed by atoms with Crippen molar-refractivity contribution < 1.29 is 4.79 Å². The molecule has 4 heteroatoms. The smallest absolute Gasteiger partial charge is 0.258 e. The van der Waals surface area contributed by atoms with Crippen molar-refractivity contribution in [3.63, 3.8) is 0 Å². The third-order valence-electron chi connectivity index (χ3n) is 3.81. The fourth-order valence-corrected chi connectivity index (χ4v) is 2.93. The summed E-state index contributed by atoms with van der Waals surface area (Å²) in [4.78, 5) is 16.9. The average molecular weight is 301 g/mol. The molecule has 0 spiro atoms. The summed E-state index contributed by atoms with van der Waals surface area (Å²) in [6.07, 6.45) is 0. The fourth-order valence-electron chi connectivity index (χ4n) is 2.74. The predicted octanol–water partition coefficient (Wildman–Crippen LogP) is 3.83. The highest BCUT2D eigenvalue weighted by Crippen LogP contribution is 2.33. The van der Waals surface area contributed by atoms with Gasteiger partial charge in [0.2, 0.25) is 0 Å². The molecule has 2 aromatic carbocycles. The van der Waals surface area contributed by atoms with Crippen LogP contribution < -0.4 is 9.80 Å². The minimum absolute atomic E-state index is 0.000651. The molecule has 0 radical (unpaired) electrons. The van der Waals surface area contributed by atoms with Crippen molar-refractivity contribution >= 4 is 28.9 Å². The van der Waals surface area contributed by atoms with Crippen LogP contribution in [0.15, 0.2) is 48.5 Å². The lowest BCUT2D eigenvalue weighted by atomic mass is 10.1. The number of carbonyl (C=O) groups is 1. The summed E-state index contributed by atoms with van der Waals surface area (Å²) in [5.74, 6) is 0.000651. The number of amides is 1. The van der Waals surface area contributed by atoms with Gasteiger partial charge in [-0.25, -0.2) is 0 Å². The summed E-state index contributed by atoms with van der Waals surface area (Å²) < 4.78 is 0. The molecule has 3 rings (SSSR count). The quantitative estimate of drug-likeness (QED) is 0.841. The maximum absolute atomic E-state index is 12.8. The Labute approximate surface area is 129 Å². The SMILES string of the molecule is CCN1CCN(C(=O)c2cccc(Cl)c2)c2ccccc21. The van der Waals surface area contributed by atoms with Gasteiger partial charge in [-0.2, -0.15) is 0 Å². The first kappa shape index (κ1) is 14.0. The number of nitrogens with zero attached hydrogens (tertiary/aromatic N) is 2. The van der Waals surface area contributed by atoms with Crippen molar-refractivity contribution in [2.45, 2.75) is 6.92 Å². The Hall–Kier alpha value is -2.00. The molecule has 0 saturated carbocycles. The molecule has 108 valence electrons. The van der Waals surface area contributed by atoms with Gasteiger partial charge in [0.15, 0.2) is 0 Å². The third-order valence-corrected chi connectivity index (χ3v) is 4.04. The summed E-state index contributed by atoms with van der Waals surface area (Å²) in [5, 5.41) is 0.585. The zero-order valence-electron chi connectivity index (χ0n) is 11.9. The second-order valence-electron chi connectivity index (χ2n) is 5.04. The first-order valence-electron chi connectivity index (χ1n) is 7.12. The van der Waals surface area contributed by atoms with E-state index in [4.69, 9.17) is 11.6 Å². The number of para-hydroxylation sites is 2. The van der Waals surface area contributed by atoms with Crippen LogP contribution >= 0.6 is 11.6 Å². The van der Waals surface area contributed by atoms with Gasteiger partial charge in [-0.05, 0) is 37.3 Å². The molecule has 1 aliphatic rings. The number of hydrogen-bond acceptors (Lipinski definition) is 2. The molecular weight excluding hydrogens is 284 g/mol. The minimum Gasteiger partial charge on any atom is -0.368 e. The van der Waals surface area contributed by atoms with E-state index in [0.717, 1.165) is 24.5 Å². The lowest BCUT2D eigenvalue weighted by molar-refractivity contribution is 0.0986. The Morgan fingerprint density at radius 1 is 1.10 bits per heavy atom. The van der Waals surface area contributed by atoms with E-state index in [1.165, 1.54) is 0 Å². The summed E-state index contributed by atoms with van der Waals surface area (Å²) in [6.45, 7) is 4.61. The monoisotopic (exact) mass is 300 g/mol. The molecule has 0 N–H and O–H groups in total. The van der Waals surface area contributed by atoms with Gasteiger partial charge in [0.1, 0.15) is 0 Å². The number of hydrogen-bond donors (Lipinski definition) is 0. The first-order chi connectivity index (χ1) is 10.2. The lowest BCUT2D eigenvalue weighted by Crippen LogP contribution is -2.44. The highest BCUT2D eigenvalue weighted by molar-refractivity contribution is 6.31. The van der Waals surface area contributed by atoms with Gasteiger partial charge in [-0.1, -0.05) is 29.8 Å². The highest BCUT2D eigenvalue weighted by atomic mass is 35.5. The highest BCUT2D eigenvalue weighted by Gasteiger charge is 2.26. The Bertz CT molecular complexity index is 671. The van der Waals surface area contributed by atoms with Gasteiger partial charge in [0, 0.05) is 30.2 Å². The standard InChI is InChI=1S/C17H17ClN2O/c1-2-19-10-11-20(16-9-4-3-8-15(16)19)17(21)13-6-5-7-14(18)12-13/h3-9,12H,2,10-11H2,1H3. The van der Waals surface area contributed by atoms with Gasteiger partial charge in [0.25, 0.3) is 5.91 Å². The first-order valence-corrected chi connectivity index (χ1v) is 7.50. The number of fused-ring (bicyclic) bond motifs is 1. The zero-order chi connectivity index (χ0) is 14.8. The van der Waals surface area contributed by atoms with E-state index in [-0.39, 0.29) is 5.91 Å². The molecule has 0 saturated heterocycles. The number of likely N-dealkylation sites (N-methyl/N-ethyl adjacent to an activating group) is 1. The molecule has 1 heterocycles. The number of carbonyl (C=O) groups excluding carboxylic acids is 1. The Balaban J connectivity index is 1.98. The molecule has 1 amide bonds. The molecule has 0 bridgehead atoms. The normalized spacial score (nSPS) is 14.0. The second kappa shape index (κ2) is 5.78. The summed E-state index contributed by atoms with van der Waals surface area (Å²) in [6, 6.07) is 15.2. The van der Waals surface area contributed by atoms with Crippen LogP contribution in [0.4, 0.5) is 11.4 Å². The lowest BCUT2D eigenvalue weighted by Gasteiger charge is -2.37. The van der Waals surface area contributed by atoms with E-state index < -0.39 is 0 Å². The van der Waals surface area contributed by atoms with Crippen LogP contribution in [0.3, 0.4) is 0 Å². The largest absolute Gasteiger partial charge is 0.368 e. The summed E-state index contributed by atoms with van der Waals surface area (Å²) in [5.41, 5.74) is 2.71. The van der Waals surface area contributed by atoms with Gasteiger partial charge in [-0.15, -0.1) is 0 Å². The van der Waals surface area contributed by atoms with Gasteiger partial charge in [-0.3, -0.25) is 4.79 Å². The van der Waals surface area contributed by atoms with Gasteiger partial charge >= 0.3 is 0 Å². The molecule has 0 unspecified atom stereocenters. The van der Waals surface area contributed by atoms with Crippen LogP contribution in [0.1, 0.15) is 17.3 Å². The molecule has 0 fully saturated rings. The molecule has 3 nitrogen and oxygen atoms in total. The zero-order valence-corrected chi connectivity index (χ0v) is 12.7. The number of anilines is 2. The number of rotatable bonds is 2. The minimum atomic E-state index is 0.000651. The average Bonchev–Trinajstić information content (AvgIpc) is 2.53. The van der Waals surface area contributed by atoms with E-state index in [1.54, 1.807) is 12.1 Å². The molecule has 0 atom stereocenters. The van der Waals surface area contributed by atoms with Crippen LogP contribution in [-0.2, 0) is 0 Å². The molecular formula is C17H17ClN2O. The van der Waals surface area contributed by atoms with Crippen molar-refractivity contribution in [2.24, 2.45) is 0 Å². The van der Waals surface area contributed by atoms with Crippen molar-refractivity contribution in [3.05, 3.63) is 59.1 Å². The maximum atomic E-state index is 12.8. The Morgan fingerprint density at radius 2 is 1.86 bits per heavy atom. The van der Waals surface area contributed by atoms with Crippen LogP contribution in [0.2, 0.25) is 5.02 Å². The molecule has 0 aromatic heterocycles. The van der Waals surface area contributed by atoms with E-state index in [0.29, 0.717) is 17.1 Å². The third kappa shape index (κ3) is 2.61. The second-order valence-corrected chi connectivity index (χ2v) is 5.47. The Morgan fingerprint density at radius 3 is 2.57 bits per heavy atom. The van der Waals surface area contributed by atoms with Crippen LogP contribution in [0, 0.1) is 0 Å².